The molecule has 0 bridgehead atoms. The minimum atomic E-state index is -0.276. The molecular weight excluding hydrogens is 367 g/mol. The number of nitrogens with zero attached hydrogens (tertiary/aromatic N) is 1. The molecule has 2 aromatic carbocycles. The van der Waals surface area contributed by atoms with E-state index in [1.165, 1.54) is 11.3 Å². The fourth-order valence-corrected chi connectivity index (χ4v) is 3.52. The summed E-state index contributed by atoms with van der Waals surface area (Å²) < 4.78 is 6.33. The van der Waals surface area contributed by atoms with E-state index in [4.69, 9.17) is 27.9 Å². The van der Waals surface area contributed by atoms with Crippen LogP contribution in [0.3, 0.4) is 0 Å². The van der Waals surface area contributed by atoms with E-state index in [-0.39, 0.29) is 5.91 Å². The maximum absolute atomic E-state index is 12.4. The van der Waals surface area contributed by atoms with E-state index >= 15 is 0 Å². The molecular formula is C17H14Cl2N2O2S. The summed E-state index contributed by atoms with van der Waals surface area (Å²) in [7, 11) is 0. The third-order valence-corrected chi connectivity index (χ3v) is 5.02. The Labute approximate surface area is 153 Å². The number of carbonyl (C=O) groups is 1. The van der Waals surface area contributed by atoms with Crippen molar-refractivity contribution < 1.29 is 9.53 Å². The molecule has 0 saturated heterocycles. The number of amides is 1. The second-order valence-corrected chi connectivity index (χ2v) is 6.97. The van der Waals surface area contributed by atoms with Gasteiger partial charge in [0.1, 0.15) is 5.75 Å². The first-order valence-corrected chi connectivity index (χ1v) is 8.85. The number of halogens is 2. The van der Waals surface area contributed by atoms with E-state index in [0.717, 1.165) is 15.8 Å². The van der Waals surface area contributed by atoms with Crippen molar-refractivity contribution in [1.82, 2.24) is 4.98 Å². The van der Waals surface area contributed by atoms with Gasteiger partial charge in [0.2, 0.25) is 0 Å². The van der Waals surface area contributed by atoms with E-state index in [0.29, 0.717) is 33.1 Å². The molecule has 0 spiro atoms. The summed E-state index contributed by atoms with van der Waals surface area (Å²) in [5.41, 5.74) is 2.18. The first-order valence-electron chi connectivity index (χ1n) is 7.28. The molecule has 1 amide bonds. The van der Waals surface area contributed by atoms with E-state index in [2.05, 4.69) is 10.3 Å². The number of benzene rings is 2. The quantitative estimate of drug-likeness (QED) is 0.644. The Hall–Kier alpha value is -1.82. The SMILES string of the molecule is CCOc1ccc(C(=O)Nc2nc3cc(Cl)c(C)cc3s2)cc1Cl. The fourth-order valence-electron chi connectivity index (χ4n) is 2.19. The zero-order valence-corrected chi connectivity index (χ0v) is 15.4. The zero-order valence-electron chi connectivity index (χ0n) is 13.0. The smallest absolute Gasteiger partial charge is 0.257 e. The second kappa shape index (κ2) is 6.97. The van der Waals surface area contributed by atoms with Crippen molar-refractivity contribution in [2.45, 2.75) is 13.8 Å². The lowest BCUT2D eigenvalue weighted by Crippen LogP contribution is -2.11. The number of thiazole rings is 1. The molecule has 7 heteroatoms. The van der Waals surface area contributed by atoms with Crippen molar-refractivity contribution >= 4 is 55.8 Å². The molecule has 0 fully saturated rings. The number of ether oxygens (including phenoxy) is 1. The Balaban J connectivity index is 1.83. The molecule has 0 atom stereocenters. The van der Waals surface area contributed by atoms with Crippen molar-refractivity contribution in [2.24, 2.45) is 0 Å². The predicted molar refractivity (Wildman–Crippen MR) is 99.9 cm³/mol. The first kappa shape index (κ1) is 17.0. The van der Waals surface area contributed by atoms with Crippen LogP contribution in [0, 0.1) is 6.92 Å². The summed E-state index contributed by atoms with van der Waals surface area (Å²) in [5, 5.41) is 4.36. The highest BCUT2D eigenvalue weighted by Gasteiger charge is 2.13. The van der Waals surface area contributed by atoms with Gasteiger partial charge in [0.25, 0.3) is 5.91 Å². The standard InChI is InChI=1S/C17H14Cl2N2O2S/c1-3-23-14-5-4-10(7-12(14)19)16(22)21-17-20-13-8-11(18)9(2)6-15(13)24-17/h4-8H,3H2,1-2H3,(H,20,21,22). The summed E-state index contributed by atoms with van der Waals surface area (Å²) in [6.07, 6.45) is 0. The summed E-state index contributed by atoms with van der Waals surface area (Å²) in [6, 6.07) is 8.68. The number of aryl methyl sites for hydroxylation is 1. The maximum Gasteiger partial charge on any atom is 0.257 e. The van der Waals surface area contributed by atoms with Crippen molar-refractivity contribution in [2.75, 3.05) is 11.9 Å². The monoisotopic (exact) mass is 380 g/mol. The molecule has 0 saturated carbocycles. The highest BCUT2D eigenvalue weighted by atomic mass is 35.5. The van der Waals surface area contributed by atoms with Gasteiger partial charge in [-0.1, -0.05) is 34.5 Å². The van der Waals surface area contributed by atoms with Gasteiger partial charge in [-0.25, -0.2) is 4.98 Å². The maximum atomic E-state index is 12.4. The molecule has 0 aliphatic rings. The predicted octanol–water partition coefficient (Wildman–Crippen LogP) is 5.56. The Bertz CT molecular complexity index is 885. The summed E-state index contributed by atoms with van der Waals surface area (Å²) >= 11 is 13.6. The lowest BCUT2D eigenvalue weighted by Gasteiger charge is -2.07. The Kier molecular flexibility index (Phi) is 4.94. The Morgan fingerprint density at radius 2 is 2.04 bits per heavy atom. The van der Waals surface area contributed by atoms with Crippen LogP contribution in [0.15, 0.2) is 30.3 Å². The minimum Gasteiger partial charge on any atom is -0.492 e. The van der Waals surface area contributed by atoms with Crippen LogP contribution in [0.25, 0.3) is 10.2 Å². The second-order valence-electron chi connectivity index (χ2n) is 5.12. The van der Waals surface area contributed by atoms with E-state index in [1.807, 2.05) is 19.9 Å². The van der Waals surface area contributed by atoms with Gasteiger partial charge < -0.3 is 4.74 Å². The molecule has 3 rings (SSSR count). The summed E-state index contributed by atoms with van der Waals surface area (Å²) in [5.74, 6) is 0.280. The van der Waals surface area contributed by atoms with E-state index in [1.54, 1.807) is 24.3 Å². The van der Waals surface area contributed by atoms with Gasteiger partial charge >= 0.3 is 0 Å². The fraction of sp³-hybridized carbons (Fsp3) is 0.176. The van der Waals surface area contributed by atoms with Crippen molar-refractivity contribution in [1.29, 1.82) is 0 Å². The Morgan fingerprint density at radius 1 is 1.25 bits per heavy atom. The van der Waals surface area contributed by atoms with Crippen LogP contribution in [0.5, 0.6) is 5.75 Å². The zero-order chi connectivity index (χ0) is 17.3. The molecule has 0 radical (unpaired) electrons. The average molecular weight is 381 g/mol. The van der Waals surface area contributed by atoms with Crippen LogP contribution < -0.4 is 10.1 Å². The van der Waals surface area contributed by atoms with Gasteiger partial charge in [0.15, 0.2) is 5.13 Å². The van der Waals surface area contributed by atoms with E-state index < -0.39 is 0 Å². The highest BCUT2D eigenvalue weighted by Crippen LogP contribution is 2.31. The molecule has 0 unspecified atom stereocenters. The molecule has 1 N–H and O–H groups in total. The van der Waals surface area contributed by atoms with Gasteiger partial charge in [-0.05, 0) is 49.7 Å². The molecule has 4 nitrogen and oxygen atoms in total. The normalized spacial score (nSPS) is 10.8. The lowest BCUT2D eigenvalue weighted by atomic mass is 10.2. The number of nitrogens with one attached hydrogen (secondary N) is 1. The van der Waals surface area contributed by atoms with E-state index in [9.17, 15) is 4.79 Å². The summed E-state index contributed by atoms with van der Waals surface area (Å²) in [6.45, 7) is 4.32. The molecule has 3 aromatic rings. The molecule has 0 aliphatic heterocycles. The number of fused-ring (bicyclic) bond motifs is 1. The topological polar surface area (TPSA) is 51.2 Å². The third-order valence-electron chi connectivity index (χ3n) is 3.38. The van der Waals surface area contributed by atoms with Crippen LogP contribution in [0.2, 0.25) is 10.0 Å². The van der Waals surface area contributed by atoms with Crippen molar-refractivity contribution in [3.8, 4) is 5.75 Å². The highest BCUT2D eigenvalue weighted by molar-refractivity contribution is 7.22. The number of hydrogen-bond acceptors (Lipinski definition) is 4. The third kappa shape index (κ3) is 3.48. The number of rotatable bonds is 4. The van der Waals surface area contributed by atoms with Gasteiger partial charge in [-0.2, -0.15) is 0 Å². The van der Waals surface area contributed by atoms with Crippen LogP contribution in [0.4, 0.5) is 5.13 Å². The van der Waals surface area contributed by atoms with Crippen LogP contribution in [-0.2, 0) is 0 Å². The van der Waals surface area contributed by atoms with Gasteiger partial charge in [-0.15, -0.1) is 0 Å². The number of carbonyl (C=O) groups excluding carboxylic acids is 1. The Morgan fingerprint density at radius 3 is 2.75 bits per heavy atom. The molecule has 24 heavy (non-hydrogen) atoms. The number of anilines is 1. The lowest BCUT2D eigenvalue weighted by molar-refractivity contribution is 0.102. The van der Waals surface area contributed by atoms with Crippen LogP contribution >= 0.6 is 34.5 Å². The van der Waals surface area contributed by atoms with Crippen LogP contribution in [-0.4, -0.2) is 17.5 Å². The van der Waals surface area contributed by atoms with Crippen molar-refractivity contribution in [3.63, 3.8) is 0 Å². The van der Waals surface area contributed by atoms with Crippen molar-refractivity contribution in [3.05, 3.63) is 51.5 Å². The largest absolute Gasteiger partial charge is 0.492 e. The van der Waals surface area contributed by atoms with Gasteiger partial charge in [0, 0.05) is 10.6 Å². The first-order chi connectivity index (χ1) is 11.5. The molecule has 1 heterocycles. The minimum absolute atomic E-state index is 0.276. The summed E-state index contributed by atoms with van der Waals surface area (Å²) in [4.78, 5) is 16.8. The van der Waals surface area contributed by atoms with Crippen LogP contribution in [0.1, 0.15) is 22.8 Å². The molecule has 124 valence electrons. The van der Waals surface area contributed by atoms with Gasteiger partial charge in [-0.3, -0.25) is 10.1 Å². The molecule has 1 aromatic heterocycles. The number of hydrogen-bond donors (Lipinski definition) is 1. The average Bonchev–Trinajstić information content (AvgIpc) is 2.91. The number of aromatic nitrogens is 1. The van der Waals surface area contributed by atoms with Gasteiger partial charge in [0.05, 0.1) is 21.8 Å². The molecule has 0 aliphatic carbocycles.